The van der Waals surface area contributed by atoms with Crippen LogP contribution in [0.4, 0.5) is 4.79 Å². The summed E-state index contributed by atoms with van der Waals surface area (Å²) in [6, 6.07) is 10.4. The molecule has 0 aliphatic carbocycles. The largest absolute Gasteiger partial charge is 0.465 e. The van der Waals surface area contributed by atoms with E-state index >= 15 is 0 Å². The summed E-state index contributed by atoms with van der Waals surface area (Å²) in [7, 11) is 0. The lowest BCUT2D eigenvalue weighted by molar-refractivity contribution is 0.158. The van der Waals surface area contributed by atoms with Crippen LogP contribution in [0.3, 0.4) is 0 Å². The number of rotatable bonds is 4. The lowest BCUT2D eigenvalue weighted by atomic mass is 9.97. The van der Waals surface area contributed by atoms with Crippen LogP contribution in [-0.4, -0.2) is 35.7 Å². The molecule has 18 heavy (non-hydrogen) atoms. The summed E-state index contributed by atoms with van der Waals surface area (Å²) in [5.74, 6) is 0.443. The second-order valence-corrected chi connectivity index (χ2v) is 4.92. The van der Waals surface area contributed by atoms with Gasteiger partial charge in [0.1, 0.15) is 0 Å². The van der Waals surface area contributed by atoms with Gasteiger partial charge in [-0.25, -0.2) is 4.79 Å². The molecular formula is C14H20N2O2. The Hall–Kier alpha value is -1.55. The molecule has 0 spiro atoms. The van der Waals surface area contributed by atoms with E-state index in [0.29, 0.717) is 12.5 Å². The van der Waals surface area contributed by atoms with Gasteiger partial charge in [-0.2, -0.15) is 0 Å². The van der Waals surface area contributed by atoms with Gasteiger partial charge < -0.3 is 10.4 Å². The summed E-state index contributed by atoms with van der Waals surface area (Å²) in [4.78, 5) is 12.9. The highest BCUT2D eigenvalue weighted by Crippen LogP contribution is 2.17. The van der Waals surface area contributed by atoms with Gasteiger partial charge in [0.25, 0.3) is 0 Å². The molecule has 1 aliphatic rings. The highest BCUT2D eigenvalue weighted by atomic mass is 16.4. The molecule has 2 rings (SSSR count). The number of hydrogen-bond donors (Lipinski definition) is 2. The number of benzene rings is 1. The van der Waals surface area contributed by atoms with Crippen molar-refractivity contribution in [2.24, 2.45) is 5.92 Å². The monoisotopic (exact) mass is 248 g/mol. The fourth-order valence-electron chi connectivity index (χ4n) is 2.53. The van der Waals surface area contributed by atoms with Gasteiger partial charge in [0.05, 0.1) is 0 Å². The minimum Gasteiger partial charge on any atom is -0.465 e. The molecule has 1 aromatic rings. The van der Waals surface area contributed by atoms with Crippen LogP contribution < -0.4 is 5.32 Å². The number of piperidine rings is 1. The Labute approximate surface area is 108 Å². The first kappa shape index (κ1) is 12.9. The first-order chi connectivity index (χ1) is 8.74. The van der Waals surface area contributed by atoms with Crippen molar-refractivity contribution in [3.63, 3.8) is 0 Å². The summed E-state index contributed by atoms with van der Waals surface area (Å²) in [5.41, 5.74) is 1.32. The van der Waals surface area contributed by atoms with E-state index in [1.54, 1.807) is 0 Å². The van der Waals surface area contributed by atoms with Gasteiger partial charge in [0, 0.05) is 19.6 Å². The zero-order valence-electron chi connectivity index (χ0n) is 10.5. The van der Waals surface area contributed by atoms with Crippen molar-refractivity contribution in [3.8, 4) is 0 Å². The van der Waals surface area contributed by atoms with Crippen LogP contribution in [0.2, 0.25) is 0 Å². The summed E-state index contributed by atoms with van der Waals surface area (Å²) in [6.45, 7) is 3.62. The van der Waals surface area contributed by atoms with Crippen LogP contribution in [0.15, 0.2) is 30.3 Å². The third-order valence-corrected chi connectivity index (χ3v) is 3.39. The third kappa shape index (κ3) is 4.04. The minimum atomic E-state index is -0.921. The molecule has 0 bridgehead atoms. The predicted octanol–water partition coefficient (Wildman–Crippen LogP) is 2.17. The van der Waals surface area contributed by atoms with Crippen LogP contribution >= 0.6 is 0 Å². The van der Waals surface area contributed by atoms with Gasteiger partial charge in [-0.15, -0.1) is 0 Å². The van der Waals surface area contributed by atoms with E-state index in [-0.39, 0.29) is 0 Å². The highest BCUT2D eigenvalue weighted by molar-refractivity contribution is 5.64. The van der Waals surface area contributed by atoms with E-state index < -0.39 is 6.09 Å². The number of amides is 1. The molecule has 1 atom stereocenters. The Morgan fingerprint density at radius 3 is 2.89 bits per heavy atom. The van der Waals surface area contributed by atoms with Crippen molar-refractivity contribution in [2.45, 2.75) is 19.4 Å². The molecule has 1 heterocycles. The van der Waals surface area contributed by atoms with Crippen LogP contribution in [-0.2, 0) is 6.54 Å². The average Bonchev–Trinajstić information content (AvgIpc) is 2.38. The van der Waals surface area contributed by atoms with Crippen LogP contribution in [0.5, 0.6) is 0 Å². The Kier molecular flexibility index (Phi) is 4.59. The maximum Gasteiger partial charge on any atom is 0.404 e. The Balaban J connectivity index is 1.81. The van der Waals surface area contributed by atoms with Gasteiger partial charge in [-0.3, -0.25) is 4.90 Å². The molecule has 0 aromatic heterocycles. The number of nitrogens with one attached hydrogen (secondary N) is 1. The molecule has 0 saturated carbocycles. The van der Waals surface area contributed by atoms with Crippen molar-refractivity contribution >= 4 is 6.09 Å². The third-order valence-electron chi connectivity index (χ3n) is 3.39. The second kappa shape index (κ2) is 6.40. The van der Waals surface area contributed by atoms with Crippen LogP contribution in [0.25, 0.3) is 0 Å². The number of nitrogens with zero attached hydrogens (tertiary/aromatic N) is 1. The normalized spacial score (nSPS) is 20.6. The maximum absolute atomic E-state index is 10.5. The summed E-state index contributed by atoms with van der Waals surface area (Å²) in [6.07, 6.45) is 1.35. The van der Waals surface area contributed by atoms with E-state index in [4.69, 9.17) is 5.11 Å². The Bertz CT molecular complexity index is 381. The molecule has 98 valence electrons. The second-order valence-electron chi connectivity index (χ2n) is 4.92. The molecule has 4 heteroatoms. The zero-order chi connectivity index (χ0) is 12.8. The summed E-state index contributed by atoms with van der Waals surface area (Å²) >= 11 is 0. The molecular weight excluding hydrogens is 228 g/mol. The fourth-order valence-corrected chi connectivity index (χ4v) is 2.53. The highest BCUT2D eigenvalue weighted by Gasteiger charge is 2.20. The Morgan fingerprint density at radius 2 is 2.17 bits per heavy atom. The molecule has 2 N–H and O–H groups in total. The van der Waals surface area contributed by atoms with Crippen molar-refractivity contribution in [3.05, 3.63) is 35.9 Å². The van der Waals surface area contributed by atoms with E-state index in [1.807, 2.05) is 6.07 Å². The van der Waals surface area contributed by atoms with E-state index in [2.05, 4.69) is 34.5 Å². The molecule has 1 amide bonds. The quantitative estimate of drug-likeness (QED) is 0.858. The average molecular weight is 248 g/mol. The van der Waals surface area contributed by atoms with Gasteiger partial charge in [0.15, 0.2) is 0 Å². The molecule has 4 nitrogen and oxygen atoms in total. The Morgan fingerprint density at radius 1 is 1.39 bits per heavy atom. The molecule has 1 aromatic carbocycles. The molecule has 1 unspecified atom stereocenters. The number of carboxylic acid groups (broad SMARTS) is 1. The van der Waals surface area contributed by atoms with Crippen LogP contribution in [0, 0.1) is 5.92 Å². The van der Waals surface area contributed by atoms with Crippen molar-refractivity contribution in [2.75, 3.05) is 19.6 Å². The molecule has 1 aliphatic heterocycles. The summed E-state index contributed by atoms with van der Waals surface area (Å²) in [5, 5.41) is 11.1. The zero-order valence-corrected chi connectivity index (χ0v) is 10.5. The fraction of sp³-hybridized carbons (Fsp3) is 0.500. The van der Waals surface area contributed by atoms with Crippen LogP contribution in [0.1, 0.15) is 18.4 Å². The van der Waals surface area contributed by atoms with Crippen molar-refractivity contribution < 1.29 is 9.90 Å². The minimum absolute atomic E-state index is 0.443. The number of carbonyl (C=O) groups is 1. The van der Waals surface area contributed by atoms with Gasteiger partial charge in [-0.05, 0) is 30.9 Å². The lowest BCUT2D eigenvalue weighted by Crippen LogP contribution is -2.40. The molecule has 0 radical (unpaired) electrons. The topological polar surface area (TPSA) is 52.6 Å². The number of likely N-dealkylation sites (tertiary alicyclic amines) is 1. The lowest BCUT2D eigenvalue weighted by Gasteiger charge is -2.32. The van der Waals surface area contributed by atoms with E-state index in [0.717, 1.165) is 32.5 Å². The van der Waals surface area contributed by atoms with E-state index in [9.17, 15) is 4.79 Å². The van der Waals surface area contributed by atoms with Crippen molar-refractivity contribution in [1.82, 2.24) is 10.2 Å². The standard InChI is InChI=1S/C14H20N2O2/c17-14(18)15-9-13-7-4-8-16(11-13)10-12-5-2-1-3-6-12/h1-3,5-6,13,15H,4,7-11H2,(H,17,18). The maximum atomic E-state index is 10.5. The predicted molar refractivity (Wildman–Crippen MR) is 70.5 cm³/mol. The first-order valence-corrected chi connectivity index (χ1v) is 6.47. The molecule has 1 fully saturated rings. The van der Waals surface area contributed by atoms with Gasteiger partial charge in [-0.1, -0.05) is 30.3 Å². The number of hydrogen-bond acceptors (Lipinski definition) is 2. The SMILES string of the molecule is O=C(O)NCC1CCCN(Cc2ccccc2)C1. The van der Waals surface area contributed by atoms with Gasteiger partial charge >= 0.3 is 6.09 Å². The van der Waals surface area contributed by atoms with Crippen molar-refractivity contribution in [1.29, 1.82) is 0 Å². The summed E-state index contributed by atoms with van der Waals surface area (Å²) < 4.78 is 0. The van der Waals surface area contributed by atoms with Gasteiger partial charge in [0.2, 0.25) is 0 Å². The molecule has 1 saturated heterocycles. The first-order valence-electron chi connectivity index (χ1n) is 6.47. The smallest absolute Gasteiger partial charge is 0.404 e. The van der Waals surface area contributed by atoms with E-state index in [1.165, 1.54) is 5.56 Å².